The van der Waals surface area contributed by atoms with Crippen molar-refractivity contribution in [3.63, 3.8) is 0 Å². The lowest BCUT2D eigenvalue weighted by Crippen LogP contribution is -2.57. The van der Waals surface area contributed by atoms with Gasteiger partial charge in [-0.1, -0.05) is 69.9 Å². The highest BCUT2D eigenvalue weighted by Gasteiger charge is 2.42. The molecule has 3 rings (SSSR count). The topological polar surface area (TPSA) is 89.8 Å². The molecule has 1 fully saturated rings. The molecule has 7 heteroatoms. The van der Waals surface area contributed by atoms with Gasteiger partial charge in [-0.25, -0.2) is 0 Å². The van der Waals surface area contributed by atoms with Crippen LogP contribution in [-0.4, -0.2) is 31.9 Å². The molecule has 1 unspecified atom stereocenters. The Bertz CT molecular complexity index is 827. The number of amides is 1. The highest BCUT2D eigenvalue weighted by atomic mass is 16.2. The molecular formula is C22H31N5O2. The van der Waals surface area contributed by atoms with Crippen LogP contribution in [0.5, 0.6) is 0 Å². The van der Waals surface area contributed by atoms with Gasteiger partial charge in [-0.2, -0.15) is 0 Å². The summed E-state index contributed by atoms with van der Waals surface area (Å²) in [5, 5.41) is 15.8. The third-order valence-electron chi connectivity index (χ3n) is 5.67. The van der Waals surface area contributed by atoms with Crippen LogP contribution >= 0.6 is 0 Å². The van der Waals surface area contributed by atoms with Crippen LogP contribution in [0, 0.1) is 11.8 Å². The molecule has 29 heavy (non-hydrogen) atoms. The summed E-state index contributed by atoms with van der Waals surface area (Å²) in [5.74, 6) is 0.871. The molecule has 1 heterocycles. The Hall–Kier alpha value is -2.57. The number of Topliss-reactive ketones (excluding diaryl/α,β-unsaturated/α-hetero) is 1. The molecule has 0 aliphatic heterocycles. The minimum atomic E-state index is -1.32. The molecule has 0 radical (unpaired) electrons. The zero-order valence-electron chi connectivity index (χ0n) is 17.6. The molecule has 2 aromatic rings. The van der Waals surface area contributed by atoms with Gasteiger partial charge < -0.3 is 5.32 Å². The molecular weight excluding hydrogens is 366 g/mol. The van der Waals surface area contributed by atoms with Crippen molar-refractivity contribution in [3.8, 4) is 11.4 Å². The molecule has 1 aliphatic carbocycles. The number of carbonyl (C=O) groups excluding carboxylic acids is 2. The lowest BCUT2D eigenvalue weighted by atomic mass is 9.93. The van der Waals surface area contributed by atoms with E-state index in [1.165, 1.54) is 37.4 Å². The van der Waals surface area contributed by atoms with Gasteiger partial charge >= 0.3 is 0 Å². The average Bonchev–Trinajstić information content (AvgIpc) is 3.38. The van der Waals surface area contributed by atoms with Crippen molar-refractivity contribution in [3.05, 3.63) is 30.3 Å². The third-order valence-corrected chi connectivity index (χ3v) is 5.67. The van der Waals surface area contributed by atoms with E-state index in [1.54, 1.807) is 0 Å². The number of benzene rings is 1. The summed E-state index contributed by atoms with van der Waals surface area (Å²) in [5.41, 5.74) is -0.505. The summed E-state index contributed by atoms with van der Waals surface area (Å²) in [6.45, 7) is 5.50. The summed E-state index contributed by atoms with van der Waals surface area (Å²) in [6, 6.07) is 9.48. The molecule has 1 amide bonds. The largest absolute Gasteiger partial charge is 0.324 e. The van der Waals surface area contributed by atoms with E-state index in [-0.39, 0.29) is 17.6 Å². The molecule has 1 aromatic heterocycles. The number of rotatable bonds is 9. The molecule has 156 valence electrons. The van der Waals surface area contributed by atoms with Gasteiger partial charge in [0.2, 0.25) is 17.4 Å². The maximum absolute atomic E-state index is 12.8. The summed E-state index contributed by atoms with van der Waals surface area (Å²) in [7, 11) is 0. The summed E-state index contributed by atoms with van der Waals surface area (Å²) >= 11 is 0. The number of hydrogen-bond donors (Lipinski definition) is 1. The van der Waals surface area contributed by atoms with Crippen LogP contribution in [0.25, 0.3) is 11.4 Å². The Kier molecular flexibility index (Phi) is 6.77. The number of ketones is 1. The fourth-order valence-corrected chi connectivity index (χ4v) is 4.15. The fraction of sp³-hybridized carbons (Fsp3) is 0.591. The number of nitrogens with one attached hydrogen (secondary N) is 1. The first kappa shape index (κ1) is 21.1. The number of nitrogens with zero attached hydrogens (tertiary/aromatic N) is 4. The van der Waals surface area contributed by atoms with E-state index >= 15 is 0 Å². The van der Waals surface area contributed by atoms with Gasteiger partial charge in [-0.15, -0.1) is 15.0 Å². The van der Waals surface area contributed by atoms with Crippen molar-refractivity contribution >= 4 is 11.7 Å². The monoisotopic (exact) mass is 397 g/mol. The van der Waals surface area contributed by atoms with Crippen LogP contribution in [0.4, 0.5) is 0 Å². The molecule has 0 spiro atoms. The quantitative estimate of drug-likeness (QED) is 0.696. The zero-order valence-corrected chi connectivity index (χ0v) is 17.6. The van der Waals surface area contributed by atoms with Crippen LogP contribution in [0.3, 0.4) is 0 Å². The number of tetrazole rings is 1. The van der Waals surface area contributed by atoms with Gasteiger partial charge in [0.1, 0.15) is 0 Å². The summed E-state index contributed by atoms with van der Waals surface area (Å²) < 4.78 is 0. The molecule has 1 atom stereocenters. The number of aromatic nitrogens is 4. The van der Waals surface area contributed by atoms with Crippen molar-refractivity contribution in [2.75, 3.05) is 0 Å². The Morgan fingerprint density at radius 2 is 1.90 bits per heavy atom. The minimum absolute atomic E-state index is 0.133. The number of hydrogen-bond acceptors (Lipinski definition) is 5. The van der Waals surface area contributed by atoms with E-state index in [0.717, 1.165) is 12.0 Å². The molecule has 0 bridgehead atoms. The predicted molar refractivity (Wildman–Crippen MR) is 111 cm³/mol. The van der Waals surface area contributed by atoms with Crippen molar-refractivity contribution < 1.29 is 9.59 Å². The fourth-order valence-electron chi connectivity index (χ4n) is 4.15. The van der Waals surface area contributed by atoms with Crippen LogP contribution in [0.15, 0.2) is 30.3 Å². The standard InChI is InChI=1S/C22H31N5O2/c1-16(2)15-22(17(3)28,23-20(29)14-13-18-9-7-8-10-18)27-25-21(24-26-27)19-11-5-4-6-12-19/h4-6,11-12,16,18H,7-10,13-15H2,1-3H3,(H,23,29). The molecule has 1 saturated carbocycles. The van der Waals surface area contributed by atoms with E-state index in [0.29, 0.717) is 24.6 Å². The van der Waals surface area contributed by atoms with E-state index in [1.807, 2.05) is 44.2 Å². The molecule has 1 aliphatic rings. The smallest absolute Gasteiger partial charge is 0.222 e. The first-order valence-electron chi connectivity index (χ1n) is 10.6. The van der Waals surface area contributed by atoms with E-state index in [9.17, 15) is 9.59 Å². The van der Waals surface area contributed by atoms with E-state index in [4.69, 9.17) is 0 Å². The summed E-state index contributed by atoms with van der Waals surface area (Å²) in [4.78, 5) is 26.9. The molecule has 1 aromatic carbocycles. The van der Waals surface area contributed by atoms with Gasteiger partial charge in [-0.05, 0) is 30.4 Å². The van der Waals surface area contributed by atoms with Crippen molar-refractivity contribution in [1.82, 2.24) is 25.5 Å². The SMILES string of the molecule is CC(=O)C(CC(C)C)(NC(=O)CCC1CCCC1)n1nnc(-c2ccccc2)n1. The molecule has 0 saturated heterocycles. The highest BCUT2D eigenvalue weighted by molar-refractivity contribution is 5.89. The van der Waals surface area contributed by atoms with Crippen LogP contribution < -0.4 is 5.32 Å². The second-order valence-corrected chi connectivity index (χ2v) is 8.52. The first-order valence-corrected chi connectivity index (χ1v) is 10.6. The highest BCUT2D eigenvalue weighted by Crippen LogP contribution is 2.29. The number of carbonyl (C=O) groups is 2. The Labute approximate surface area is 172 Å². The van der Waals surface area contributed by atoms with Crippen LogP contribution in [-0.2, 0) is 15.3 Å². The van der Waals surface area contributed by atoms with Crippen molar-refractivity contribution in [2.24, 2.45) is 11.8 Å². The van der Waals surface area contributed by atoms with E-state index in [2.05, 4.69) is 20.7 Å². The average molecular weight is 398 g/mol. The van der Waals surface area contributed by atoms with Crippen molar-refractivity contribution in [2.45, 2.75) is 71.4 Å². The Morgan fingerprint density at radius 3 is 2.52 bits per heavy atom. The van der Waals surface area contributed by atoms with Gasteiger partial charge in [0.05, 0.1) is 0 Å². The zero-order chi connectivity index (χ0) is 20.9. The second kappa shape index (κ2) is 9.29. The van der Waals surface area contributed by atoms with Crippen LogP contribution in [0.2, 0.25) is 0 Å². The van der Waals surface area contributed by atoms with Gasteiger partial charge in [0.15, 0.2) is 5.78 Å². The third kappa shape index (κ3) is 5.08. The Balaban J connectivity index is 1.84. The normalized spacial score (nSPS) is 16.7. The lowest BCUT2D eigenvalue weighted by molar-refractivity contribution is -0.137. The van der Waals surface area contributed by atoms with Gasteiger partial charge in [0.25, 0.3) is 0 Å². The van der Waals surface area contributed by atoms with Crippen LogP contribution in [0.1, 0.15) is 65.7 Å². The van der Waals surface area contributed by atoms with E-state index < -0.39 is 5.66 Å². The maximum Gasteiger partial charge on any atom is 0.222 e. The molecule has 1 N–H and O–H groups in total. The van der Waals surface area contributed by atoms with Gasteiger partial charge in [0, 0.05) is 18.4 Å². The Morgan fingerprint density at radius 1 is 1.21 bits per heavy atom. The maximum atomic E-state index is 12.8. The molecule has 7 nitrogen and oxygen atoms in total. The lowest BCUT2D eigenvalue weighted by Gasteiger charge is -2.32. The predicted octanol–water partition coefficient (Wildman–Crippen LogP) is 3.71. The second-order valence-electron chi connectivity index (χ2n) is 8.52. The summed E-state index contributed by atoms with van der Waals surface area (Å²) in [6.07, 6.45) is 6.58. The van der Waals surface area contributed by atoms with Crippen molar-refractivity contribution in [1.29, 1.82) is 0 Å². The minimum Gasteiger partial charge on any atom is -0.324 e. The van der Waals surface area contributed by atoms with Gasteiger partial charge in [-0.3, -0.25) is 9.59 Å². The first-order chi connectivity index (χ1) is 13.9.